The van der Waals surface area contributed by atoms with Crippen molar-refractivity contribution in [1.82, 2.24) is 9.80 Å². The highest BCUT2D eigenvalue weighted by molar-refractivity contribution is 5.73. The van der Waals surface area contributed by atoms with E-state index in [2.05, 4.69) is 11.8 Å². The standard InChI is InChI=1S/C13H26N2O/c1-3-4-10-15(13(2)16)12-11-14-8-6-5-7-9-14/h3-12H2,1-2H3. The molecule has 0 aromatic heterocycles. The van der Waals surface area contributed by atoms with E-state index in [4.69, 9.17) is 0 Å². The Morgan fingerprint density at radius 1 is 1.19 bits per heavy atom. The lowest BCUT2D eigenvalue weighted by Crippen LogP contribution is -2.40. The maximum Gasteiger partial charge on any atom is 0.219 e. The Balaban J connectivity index is 2.22. The van der Waals surface area contributed by atoms with Crippen molar-refractivity contribution in [2.45, 2.75) is 46.0 Å². The highest BCUT2D eigenvalue weighted by Gasteiger charge is 2.13. The molecule has 0 aromatic rings. The second-order valence-corrected chi connectivity index (χ2v) is 4.76. The third kappa shape index (κ3) is 4.97. The van der Waals surface area contributed by atoms with Crippen LogP contribution >= 0.6 is 0 Å². The van der Waals surface area contributed by atoms with E-state index in [1.54, 1.807) is 6.92 Å². The average Bonchev–Trinajstić information content (AvgIpc) is 2.30. The van der Waals surface area contributed by atoms with E-state index in [0.717, 1.165) is 32.5 Å². The van der Waals surface area contributed by atoms with Gasteiger partial charge in [0.1, 0.15) is 0 Å². The molecule has 1 rings (SSSR count). The topological polar surface area (TPSA) is 23.6 Å². The van der Waals surface area contributed by atoms with Crippen molar-refractivity contribution in [2.75, 3.05) is 32.7 Å². The van der Waals surface area contributed by atoms with Gasteiger partial charge < -0.3 is 9.80 Å². The summed E-state index contributed by atoms with van der Waals surface area (Å²) in [6.45, 7) is 9.20. The fourth-order valence-electron chi connectivity index (χ4n) is 2.22. The second kappa shape index (κ2) is 7.66. The lowest BCUT2D eigenvalue weighted by Gasteiger charge is -2.29. The Hall–Kier alpha value is -0.570. The summed E-state index contributed by atoms with van der Waals surface area (Å²) in [6, 6.07) is 0. The minimum atomic E-state index is 0.227. The van der Waals surface area contributed by atoms with Crippen LogP contribution in [-0.4, -0.2) is 48.4 Å². The zero-order valence-corrected chi connectivity index (χ0v) is 10.9. The number of nitrogens with zero attached hydrogens (tertiary/aromatic N) is 2. The molecule has 0 aliphatic carbocycles. The van der Waals surface area contributed by atoms with E-state index < -0.39 is 0 Å². The third-order valence-corrected chi connectivity index (χ3v) is 3.36. The van der Waals surface area contributed by atoms with Crippen LogP contribution in [0.1, 0.15) is 46.0 Å². The summed E-state index contributed by atoms with van der Waals surface area (Å²) >= 11 is 0. The minimum Gasteiger partial charge on any atom is -0.342 e. The summed E-state index contributed by atoms with van der Waals surface area (Å²) in [5.74, 6) is 0.227. The van der Waals surface area contributed by atoms with Gasteiger partial charge in [-0.15, -0.1) is 0 Å². The van der Waals surface area contributed by atoms with Gasteiger partial charge >= 0.3 is 0 Å². The Kier molecular flexibility index (Phi) is 6.46. The molecule has 94 valence electrons. The molecule has 0 atom stereocenters. The fraction of sp³-hybridized carbons (Fsp3) is 0.923. The maximum atomic E-state index is 11.4. The van der Waals surface area contributed by atoms with Crippen molar-refractivity contribution in [3.8, 4) is 0 Å². The maximum absolute atomic E-state index is 11.4. The SMILES string of the molecule is CCCCN(CCN1CCCCC1)C(C)=O. The zero-order chi connectivity index (χ0) is 11.8. The fourth-order valence-corrected chi connectivity index (χ4v) is 2.22. The van der Waals surface area contributed by atoms with Crippen LogP contribution in [0.4, 0.5) is 0 Å². The summed E-state index contributed by atoms with van der Waals surface area (Å²) in [4.78, 5) is 15.9. The Morgan fingerprint density at radius 3 is 2.44 bits per heavy atom. The first-order chi connectivity index (χ1) is 7.74. The molecule has 1 aliphatic rings. The van der Waals surface area contributed by atoms with E-state index in [0.29, 0.717) is 0 Å². The molecule has 0 radical (unpaired) electrons. The Bertz CT molecular complexity index is 200. The van der Waals surface area contributed by atoms with E-state index in [-0.39, 0.29) is 5.91 Å². The van der Waals surface area contributed by atoms with Gasteiger partial charge in [0, 0.05) is 26.6 Å². The summed E-state index contributed by atoms with van der Waals surface area (Å²) in [5.41, 5.74) is 0. The van der Waals surface area contributed by atoms with Gasteiger partial charge in [-0.05, 0) is 32.4 Å². The number of unbranched alkanes of at least 4 members (excludes halogenated alkanes) is 1. The largest absolute Gasteiger partial charge is 0.342 e. The number of likely N-dealkylation sites (tertiary alicyclic amines) is 1. The molecule has 0 aromatic carbocycles. The summed E-state index contributed by atoms with van der Waals surface area (Å²) in [6.07, 6.45) is 6.32. The van der Waals surface area contributed by atoms with Crippen molar-refractivity contribution in [1.29, 1.82) is 0 Å². The van der Waals surface area contributed by atoms with Crippen molar-refractivity contribution in [3.05, 3.63) is 0 Å². The summed E-state index contributed by atoms with van der Waals surface area (Å²) in [5, 5.41) is 0. The lowest BCUT2D eigenvalue weighted by molar-refractivity contribution is -0.129. The van der Waals surface area contributed by atoms with Crippen LogP contribution in [0.3, 0.4) is 0 Å². The molecule has 0 bridgehead atoms. The summed E-state index contributed by atoms with van der Waals surface area (Å²) < 4.78 is 0. The quantitative estimate of drug-likeness (QED) is 0.692. The van der Waals surface area contributed by atoms with Crippen molar-refractivity contribution >= 4 is 5.91 Å². The van der Waals surface area contributed by atoms with E-state index >= 15 is 0 Å². The predicted molar refractivity (Wildman–Crippen MR) is 67.5 cm³/mol. The molecule has 1 heterocycles. The smallest absolute Gasteiger partial charge is 0.219 e. The van der Waals surface area contributed by atoms with Crippen LogP contribution in [0, 0.1) is 0 Å². The normalized spacial score (nSPS) is 17.4. The number of carbonyl (C=O) groups excluding carboxylic acids is 1. The molecule has 1 fully saturated rings. The van der Waals surface area contributed by atoms with Crippen molar-refractivity contribution < 1.29 is 4.79 Å². The molecule has 1 aliphatic heterocycles. The van der Waals surface area contributed by atoms with Crippen LogP contribution in [0.5, 0.6) is 0 Å². The van der Waals surface area contributed by atoms with Gasteiger partial charge in [-0.1, -0.05) is 19.8 Å². The van der Waals surface area contributed by atoms with Crippen LogP contribution in [0.2, 0.25) is 0 Å². The Morgan fingerprint density at radius 2 is 1.88 bits per heavy atom. The number of amides is 1. The molecule has 0 saturated carbocycles. The molecular formula is C13H26N2O. The molecule has 0 spiro atoms. The Labute approximate surface area is 99.8 Å². The van der Waals surface area contributed by atoms with Gasteiger partial charge in [0.2, 0.25) is 5.91 Å². The molecule has 16 heavy (non-hydrogen) atoms. The third-order valence-electron chi connectivity index (χ3n) is 3.36. The zero-order valence-electron chi connectivity index (χ0n) is 10.9. The van der Waals surface area contributed by atoms with Crippen LogP contribution in [0.15, 0.2) is 0 Å². The first kappa shape index (κ1) is 13.5. The number of hydrogen-bond donors (Lipinski definition) is 0. The average molecular weight is 226 g/mol. The van der Waals surface area contributed by atoms with Gasteiger partial charge in [0.05, 0.1) is 0 Å². The van der Waals surface area contributed by atoms with Crippen LogP contribution < -0.4 is 0 Å². The highest BCUT2D eigenvalue weighted by Crippen LogP contribution is 2.08. The van der Waals surface area contributed by atoms with Gasteiger partial charge in [0.15, 0.2) is 0 Å². The minimum absolute atomic E-state index is 0.227. The first-order valence-electron chi connectivity index (χ1n) is 6.72. The number of piperidine rings is 1. The lowest BCUT2D eigenvalue weighted by atomic mass is 10.1. The number of hydrogen-bond acceptors (Lipinski definition) is 2. The first-order valence-corrected chi connectivity index (χ1v) is 6.72. The molecule has 3 heteroatoms. The molecular weight excluding hydrogens is 200 g/mol. The summed E-state index contributed by atoms with van der Waals surface area (Å²) in [7, 11) is 0. The van der Waals surface area contributed by atoms with Crippen molar-refractivity contribution in [2.24, 2.45) is 0 Å². The molecule has 0 unspecified atom stereocenters. The molecule has 0 N–H and O–H groups in total. The van der Waals surface area contributed by atoms with Crippen LogP contribution in [-0.2, 0) is 4.79 Å². The van der Waals surface area contributed by atoms with E-state index in [1.807, 2.05) is 4.90 Å². The highest BCUT2D eigenvalue weighted by atomic mass is 16.2. The van der Waals surface area contributed by atoms with Gasteiger partial charge in [0.25, 0.3) is 0 Å². The number of carbonyl (C=O) groups is 1. The van der Waals surface area contributed by atoms with Gasteiger partial charge in [-0.25, -0.2) is 0 Å². The monoisotopic (exact) mass is 226 g/mol. The molecule has 3 nitrogen and oxygen atoms in total. The van der Waals surface area contributed by atoms with Crippen LogP contribution in [0.25, 0.3) is 0 Å². The van der Waals surface area contributed by atoms with E-state index in [9.17, 15) is 4.79 Å². The molecule has 1 saturated heterocycles. The van der Waals surface area contributed by atoms with Crippen molar-refractivity contribution in [3.63, 3.8) is 0 Å². The molecule has 1 amide bonds. The van der Waals surface area contributed by atoms with Gasteiger partial charge in [-0.3, -0.25) is 4.79 Å². The second-order valence-electron chi connectivity index (χ2n) is 4.76. The number of rotatable bonds is 6. The van der Waals surface area contributed by atoms with E-state index in [1.165, 1.54) is 32.4 Å². The van der Waals surface area contributed by atoms with Gasteiger partial charge in [-0.2, -0.15) is 0 Å². The predicted octanol–water partition coefficient (Wildman–Crippen LogP) is 2.12.